The summed E-state index contributed by atoms with van der Waals surface area (Å²) in [5.41, 5.74) is 3.40. The van der Waals surface area contributed by atoms with Gasteiger partial charge in [0.2, 0.25) is 5.91 Å². The first-order valence-corrected chi connectivity index (χ1v) is 7.66. The van der Waals surface area contributed by atoms with E-state index in [4.69, 9.17) is 5.11 Å². The van der Waals surface area contributed by atoms with Gasteiger partial charge in [0.1, 0.15) is 6.04 Å². The van der Waals surface area contributed by atoms with Crippen LogP contribution in [-0.4, -0.2) is 39.5 Å². The Morgan fingerprint density at radius 2 is 2.23 bits per heavy atom. The Balaban J connectivity index is 1.70. The molecule has 0 bridgehead atoms. The molecule has 2 N–H and O–H groups in total. The summed E-state index contributed by atoms with van der Waals surface area (Å²) in [5, 5.41) is 10.3. The zero-order valence-electron chi connectivity index (χ0n) is 12.6. The number of carbonyl (C=O) groups excluding carboxylic acids is 1. The number of carboxylic acid groups (broad SMARTS) is 1. The molecule has 1 aromatic heterocycles. The molecular formula is C17H20N2O3. The number of likely N-dealkylation sites (tertiary alicyclic amines) is 1. The molecule has 1 atom stereocenters. The molecular weight excluding hydrogens is 280 g/mol. The van der Waals surface area contributed by atoms with Crippen LogP contribution in [0.5, 0.6) is 0 Å². The molecule has 22 heavy (non-hydrogen) atoms. The topological polar surface area (TPSA) is 73.4 Å². The van der Waals surface area contributed by atoms with E-state index in [-0.39, 0.29) is 5.91 Å². The number of hydrogen-bond acceptors (Lipinski definition) is 2. The SMILES string of the molecule is Cc1cccc2c(CCC(=O)N3CCCC3C(=O)O)c[nH]c12. The lowest BCUT2D eigenvalue weighted by Crippen LogP contribution is -2.40. The highest BCUT2D eigenvalue weighted by Crippen LogP contribution is 2.24. The number of rotatable bonds is 4. The van der Waals surface area contributed by atoms with Crippen LogP contribution in [0, 0.1) is 6.92 Å². The number of para-hydroxylation sites is 1. The average molecular weight is 300 g/mol. The number of aromatic amines is 1. The van der Waals surface area contributed by atoms with E-state index >= 15 is 0 Å². The first kappa shape index (κ1) is 14.6. The molecule has 0 saturated carbocycles. The Labute approximate surface area is 128 Å². The third-order valence-corrected chi connectivity index (χ3v) is 4.48. The summed E-state index contributed by atoms with van der Waals surface area (Å²) in [5.74, 6) is -0.958. The van der Waals surface area contributed by atoms with Gasteiger partial charge in [-0.15, -0.1) is 0 Å². The second-order valence-electron chi connectivity index (χ2n) is 5.89. The molecule has 2 heterocycles. The first-order chi connectivity index (χ1) is 10.6. The maximum Gasteiger partial charge on any atom is 0.326 e. The number of hydrogen-bond donors (Lipinski definition) is 2. The van der Waals surface area contributed by atoms with E-state index in [0.29, 0.717) is 25.8 Å². The number of aromatic nitrogens is 1. The number of fused-ring (bicyclic) bond motifs is 1. The lowest BCUT2D eigenvalue weighted by molar-refractivity contribution is -0.148. The van der Waals surface area contributed by atoms with Gasteiger partial charge in [-0.05, 0) is 37.3 Å². The lowest BCUT2D eigenvalue weighted by Gasteiger charge is -2.21. The number of carbonyl (C=O) groups is 2. The molecule has 2 aromatic rings. The van der Waals surface area contributed by atoms with E-state index in [1.54, 1.807) is 0 Å². The standard InChI is InChI=1S/C17H20N2O3/c1-11-4-2-5-13-12(10-18-16(11)13)7-8-15(20)19-9-3-6-14(19)17(21)22/h2,4-5,10,14,18H,3,6-9H2,1H3,(H,21,22). The van der Waals surface area contributed by atoms with E-state index in [1.165, 1.54) is 10.5 Å². The summed E-state index contributed by atoms with van der Waals surface area (Å²) in [6, 6.07) is 5.47. The quantitative estimate of drug-likeness (QED) is 0.911. The van der Waals surface area contributed by atoms with Gasteiger partial charge in [-0.25, -0.2) is 4.79 Å². The van der Waals surface area contributed by atoms with E-state index < -0.39 is 12.0 Å². The fourth-order valence-corrected chi connectivity index (χ4v) is 3.28. The monoisotopic (exact) mass is 300 g/mol. The zero-order valence-corrected chi connectivity index (χ0v) is 12.6. The summed E-state index contributed by atoms with van der Waals surface area (Å²) in [6.45, 7) is 2.61. The largest absolute Gasteiger partial charge is 0.480 e. The smallest absolute Gasteiger partial charge is 0.326 e. The minimum absolute atomic E-state index is 0.0631. The molecule has 5 heteroatoms. The molecule has 5 nitrogen and oxygen atoms in total. The van der Waals surface area contributed by atoms with Crippen LogP contribution in [0.3, 0.4) is 0 Å². The summed E-state index contributed by atoms with van der Waals surface area (Å²) < 4.78 is 0. The molecule has 116 valence electrons. The number of aliphatic carboxylic acids is 1. The van der Waals surface area contributed by atoms with Gasteiger partial charge >= 0.3 is 5.97 Å². The van der Waals surface area contributed by atoms with Crippen LogP contribution in [0.25, 0.3) is 10.9 Å². The van der Waals surface area contributed by atoms with Gasteiger partial charge in [0, 0.05) is 30.1 Å². The average Bonchev–Trinajstić information content (AvgIpc) is 3.12. The third-order valence-electron chi connectivity index (χ3n) is 4.48. The van der Waals surface area contributed by atoms with Crippen LogP contribution < -0.4 is 0 Å². The molecule has 0 radical (unpaired) electrons. The summed E-state index contributed by atoms with van der Waals surface area (Å²) >= 11 is 0. The molecule has 1 fully saturated rings. The van der Waals surface area contributed by atoms with Crippen molar-refractivity contribution in [2.24, 2.45) is 0 Å². The van der Waals surface area contributed by atoms with Crippen molar-refractivity contribution >= 4 is 22.8 Å². The van der Waals surface area contributed by atoms with Crippen LogP contribution >= 0.6 is 0 Å². The normalized spacial score (nSPS) is 18.0. The fourth-order valence-electron chi connectivity index (χ4n) is 3.28. The molecule has 1 unspecified atom stereocenters. The maximum atomic E-state index is 12.3. The number of H-pyrrole nitrogens is 1. The number of amides is 1. The summed E-state index contributed by atoms with van der Waals surface area (Å²) in [7, 11) is 0. The van der Waals surface area contributed by atoms with Gasteiger partial charge in [0.15, 0.2) is 0 Å². The van der Waals surface area contributed by atoms with Crippen LogP contribution in [0.2, 0.25) is 0 Å². The minimum atomic E-state index is -0.895. The molecule has 1 aromatic carbocycles. The predicted octanol–water partition coefficient (Wildman–Crippen LogP) is 2.48. The molecule has 3 rings (SSSR count). The molecule has 1 aliphatic heterocycles. The predicted molar refractivity (Wildman–Crippen MR) is 83.7 cm³/mol. The van der Waals surface area contributed by atoms with Crippen molar-refractivity contribution < 1.29 is 14.7 Å². The Morgan fingerprint density at radius 3 is 3.00 bits per heavy atom. The molecule has 1 aliphatic rings. The van der Waals surface area contributed by atoms with Crippen molar-refractivity contribution in [3.05, 3.63) is 35.5 Å². The van der Waals surface area contributed by atoms with E-state index in [1.807, 2.05) is 12.3 Å². The van der Waals surface area contributed by atoms with Gasteiger partial charge in [-0.1, -0.05) is 18.2 Å². The van der Waals surface area contributed by atoms with Crippen molar-refractivity contribution in [1.29, 1.82) is 0 Å². The van der Waals surface area contributed by atoms with Crippen LogP contribution in [0.15, 0.2) is 24.4 Å². The molecule has 1 amide bonds. The number of carboxylic acids is 1. The Bertz CT molecular complexity index is 720. The van der Waals surface area contributed by atoms with Gasteiger partial charge in [0.25, 0.3) is 0 Å². The van der Waals surface area contributed by atoms with Crippen molar-refractivity contribution in [3.63, 3.8) is 0 Å². The highest BCUT2D eigenvalue weighted by molar-refractivity contribution is 5.87. The van der Waals surface area contributed by atoms with Crippen LogP contribution in [0.1, 0.15) is 30.4 Å². The van der Waals surface area contributed by atoms with Crippen LogP contribution in [0.4, 0.5) is 0 Å². The van der Waals surface area contributed by atoms with Gasteiger partial charge < -0.3 is 15.0 Å². The first-order valence-electron chi connectivity index (χ1n) is 7.66. The Morgan fingerprint density at radius 1 is 1.41 bits per heavy atom. The van der Waals surface area contributed by atoms with Gasteiger partial charge in [-0.3, -0.25) is 4.79 Å². The minimum Gasteiger partial charge on any atom is -0.480 e. The van der Waals surface area contributed by atoms with Gasteiger partial charge in [0.05, 0.1) is 0 Å². The fraction of sp³-hybridized carbons (Fsp3) is 0.412. The number of nitrogens with one attached hydrogen (secondary N) is 1. The van der Waals surface area contributed by atoms with Crippen molar-refractivity contribution in [2.75, 3.05) is 6.54 Å². The van der Waals surface area contributed by atoms with E-state index in [9.17, 15) is 9.59 Å². The number of benzene rings is 1. The molecule has 0 aliphatic carbocycles. The van der Waals surface area contributed by atoms with Crippen molar-refractivity contribution in [2.45, 2.75) is 38.6 Å². The highest BCUT2D eigenvalue weighted by atomic mass is 16.4. The zero-order chi connectivity index (χ0) is 15.7. The molecule has 0 spiro atoms. The maximum absolute atomic E-state index is 12.3. The van der Waals surface area contributed by atoms with Gasteiger partial charge in [-0.2, -0.15) is 0 Å². The van der Waals surface area contributed by atoms with Crippen molar-refractivity contribution in [1.82, 2.24) is 9.88 Å². The van der Waals surface area contributed by atoms with E-state index in [0.717, 1.165) is 22.9 Å². The Hall–Kier alpha value is -2.30. The summed E-state index contributed by atoms with van der Waals surface area (Å²) in [6.07, 6.45) is 4.27. The number of aryl methyl sites for hydroxylation is 2. The van der Waals surface area contributed by atoms with Crippen LogP contribution in [-0.2, 0) is 16.0 Å². The summed E-state index contributed by atoms with van der Waals surface area (Å²) in [4.78, 5) is 28.2. The second-order valence-corrected chi connectivity index (χ2v) is 5.89. The second kappa shape index (κ2) is 5.83. The Kier molecular flexibility index (Phi) is 3.88. The lowest BCUT2D eigenvalue weighted by atomic mass is 10.1. The van der Waals surface area contributed by atoms with Crippen molar-refractivity contribution in [3.8, 4) is 0 Å². The third kappa shape index (κ3) is 2.58. The van der Waals surface area contributed by atoms with E-state index in [2.05, 4.69) is 24.0 Å². The highest BCUT2D eigenvalue weighted by Gasteiger charge is 2.33. The molecule has 1 saturated heterocycles. The number of nitrogens with zero attached hydrogens (tertiary/aromatic N) is 1.